The third kappa shape index (κ3) is 5.57. The Morgan fingerprint density at radius 1 is 1.10 bits per heavy atom. The summed E-state index contributed by atoms with van der Waals surface area (Å²) in [6.07, 6.45) is 1.03. The molecule has 0 spiro atoms. The summed E-state index contributed by atoms with van der Waals surface area (Å²) in [6.45, 7) is 4.51. The zero-order chi connectivity index (χ0) is 21.9. The summed E-state index contributed by atoms with van der Waals surface area (Å²) in [4.78, 5) is 15.0. The van der Waals surface area contributed by atoms with Gasteiger partial charge in [0.05, 0.1) is 25.2 Å². The van der Waals surface area contributed by atoms with E-state index in [1.54, 1.807) is 12.1 Å². The molecule has 0 aliphatic carbocycles. The molecule has 1 unspecified atom stereocenters. The number of ether oxygens (including phenoxy) is 1. The third-order valence-electron chi connectivity index (χ3n) is 4.70. The van der Waals surface area contributed by atoms with Crippen molar-refractivity contribution in [3.05, 3.63) is 52.5 Å². The average Bonchev–Trinajstić information content (AvgIpc) is 2.67. The van der Waals surface area contributed by atoms with Crippen LogP contribution in [0.4, 0.5) is 17.1 Å². The van der Waals surface area contributed by atoms with Crippen LogP contribution in [-0.4, -0.2) is 52.9 Å². The first-order valence-electron chi connectivity index (χ1n) is 9.34. The van der Waals surface area contributed by atoms with Crippen molar-refractivity contribution in [2.45, 2.75) is 13.0 Å². The Bertz CT molecular complexity index is 989. The molecule has 7 nitrogen and oxygen atoms in total. The molecule has 1 atom stereocenters. The topological polar surface area (TPSA) is 79.0 Å². The van der Waals surface area contributed by atoms with Crippen molar-refractivity contribution in [1.82, 2.24) is 0 Å². The van der Waals surface area contributed by atoms with E-state index in [4.69, 9.17) is 27.9 Å². The van der Waals surface area contributed by atoms with E-state index < -0.39 is 22.0 Å². The van der Waals surface area contributed by atoms with Crippen LogP contribution in [0, 0.1) is 0 Å². The predicted molar refractivity (Wildman–Crippen MR) is 121 cm³/mol. The SMILES string of the molecule is CC(C(=O)Nc1ccc(N2CCOCC2)cc1)N(c1cc(Cl)cc(Cl)c1)S(C)(=O)=O. The van der Waals surface area contributed by atoms with Gasteiger partial charge >= 0.3 is 0 Å². The van der Waals surface area contributed by atoms with Crippen molar-refractivity contribution in [3.8, 4) is 0 Å². The van der Waals surface area contributed by atoms with Crippen LogP contribution in [-0.2, 0) is 19.6 Å². The lowest BCUT2D eigenvalue weighted by Crippen LogP contribution is -2.45. The number of hydrogen-bond donors (Lipinski definition) is 1. The van der Waals surface area contributed by atoms with Crippen molar-refractivity contribution in [2.75, 3.05) is 47.1 Å². The fourth-order valence-electron chi connectivity index (χ4n) is 3.30. The molecule has 1 aliphatic heterocycles. The highest BCUT2D eigenvalue weighted by Crippen LogP contribution is 2.29. The molecule has 2 aromatic rings. The lowest BCUT2D eigenvalue weighted by Gasteiger charge is -2.29. The Morgan fingerprint density at radius 3 is 2.20 bits per heavy atom. The molecule has 0 aromatic heterocycles. The summed E-state index contributed by atoms with van der Waals surface area (Å²) in [5.74, 6) is -0.476. The zero-order valence-electron chi connectivity index (χ0n) is 16.6. The number of rotatable bonds is 6. The van der Waals surface area contributed by atoms with Crippen LogP contribution >= 0.6 is 23.2 Å². The van der Waals surface area contributed by atoms with E-state index in [0.717, 1.165) is 29.3 Å². The predicted octanol–water partition coefficient (Wildman–Crippen LogP) is 3.62. The van der Waals surface area contributed by atoms with Crippen LogP contribution in [0.2, 0.25) is 10.0 Å². The first kappa shape index (κ1) is 22.7. The number of carbonyl (C=O) groups excluding carboxylic acids is 1. The quantitative estimate of drug-likeness (QED) is 0.695. The second-order valence-corrected chi connectivity index (χ2v) is 9.73. The fraction of sp³-hybridized carbons (Fsp3) is 0.350. The summed E-state index contributed by atoms with van der Waals surface area (Å²) in [7, 11) is -3.77. The molecule has 0 saturated carbocycles. The number of amides is 1. The minimum Gasteiger partial charge on any atom is -0.378 e. The van der Waals surface area contributed by atoms with Crippen molar-refractivity contribution in [3.63, 3.8) is 0 Å². The molecule has 0 bridgehead atoms. The number of morpholine rings is 1. The zero-order valence-corrected chi connectivity index (χ0v) is 19.0. The van der Waals surface area contributed by atoms with Gasteiger partial charge < -0.3 is 15.0 Å². The molecule has 162 valence electrons. The molecule has 3 rings (SSSR count). The number of halogens is 2. The van der Waals surface area contributed by atoms with Crippen molar-refractivity contribution < 1.29 is 17.9 Å². The monoisotopic (exact) mass is 471 g/mol. The maximum Gasteiger partial charge on any atom is 0.247 e. The second kappa shape index (κ2) is 9.43. The van der Waals surface area contributed by atoms with E-state index in [2.05, 4.69) is 10.2 Å². The van der Waals surface area contributed by atoms with Crippen LogP contribution in [0.15, 0.2) is 42.5 Å². The maximum absolute atomic E-state index is 12.8. The van der Waals surface area contributed by atoms with E-state index >= 15 is 0 Å². The molecule has 1 aliphatic rings. The Kier molecular flexibility index (Phi) is 7.13. The van der Waals surface area contributed by atoms with Gasteiger partial charge in [-0.2, -0.15) is 0 Å². The highest BCUT2D eigenvalue weighted by atomic mass is 35.5. The largest absolute Gasteiger partial charge is 0.378 e. The third-order valence-corrected chi connectivity index (χ3v) is 6.38. The number of carbonyl (C=O) groups is 1. The van der Waals surface area contributed by atoms with Crippen molar-refractivity contribution in [2.24, 2.45) is 0 Å². The van der Waals surface area contributed by atoms with Gasteiger partial charge in [-0.05, 0) is 49.4 Å². The van der Waals surface area contributed by atoms with E-state index in [-0.39, 0.29) is 15.7 Å². The molecule has 1 fully saturated rings. The fourth-order valence-corrected chi connectivity index (χ4v) is 4.97. The molecular formula is C20H23Cl2N3O4S. The Labute approximate surface area is 186 Å². The highest BCUT2D eigenvalue weighted by molar-refractivity contribution is 7.92. The number of benzene rings is 2. The normalized spacial score (nSPS) is 15.5. The molecule has 2 aromatic carbocycles. The maximum atomic E-state index is 12.8. The van der Waals surface area contributed by atoms with Crippen LogP contribution in [0.25, 0.3) is 0 Å². The second-order valence-electron chi connectivity index (χ2n) is 7.00. The standard InChI is InChI=1S/C20H23Cl2N3O4S/c1-14(25(30(2,27)28)19-12-15(21)11-16(22)13-19)20(26)23-17-3-5-18(6-4-17)24-7-9-29-10-8-24/h3-6,11-14H,7-10H2,1-2H3,(H,23,26). The van der Waals surface area contributed by atoms with Gasteiger partial charge in [0.1, 0.15) is 6.04 Å². The van der Waals surface area contributed by atoms with E-state index in [1.807, 2.05) is 12.1 Å². The lowest BCUT2D eigenvalue weighted by molar-refractivity contribution is -0.116. The van der Waals surface area contributed by atoms with Gasteiger partial charge in [-0.15, -0.1) is 0 Å². The molecule has 1 amide bonds. The van der Waals surface area contributed by atoms with Gasteiger partial charge in [0.15, 0.2) is 0 Å². The van der Waals surface area contributed by atoms with Gasteiger partial charge in [-0.25, -0.2) is 8.42 Å². The van der Waals surface area contributed by atoms with Gasteiger partial charge in [-0.1, -0.05) is 23.2 Å². The number of sulfonamides is 1. The van der Waals surface area contributed by atoms with E-state index in [9.17, 15) is 13.2 Å². The van der Waals surface area contributed by atoms with Gasteiger partial charge in [0, 0.05) is 34.5 Å². The minimum atomic E-state index is -3.77. The number of anilines is 3. The van der Waals surface area contributed by atoms with E-state index in [0.29, 0.717) is 18.9 Å². The van der Waals surface area contributed by atoms with Gasteiger partial charge in [-0.3, -0.25) is 9.10 Å². The number of nitrogens with zero attached hydrogens (tertiary/aromatic N) is 2. The summed E-state index contributed by atoms with van der Waals surface area (Å²) in [6, 6.07) is 10.8. The lowest BCUT2D eigenvalue weighted by atomic mass is 10.2. The van der Waals surface area contributed by atoms with Crippen LogP contribution in [0.1, 0.15) is 6.92 Å². The average molecular weight is 472 g/mol. The first-order valence-corrected chi connectivity index (χ1v) is 11.9. The Morgan fingerprint density at radius 2 is 1.67 bits per heavy atom. The number of hydrogen-bond acceptors (Lipinski definition) is 5. The molecule has 30 heavy (non-hydrogen) atoms. The smallest absolute Gasteiger partial charge is 0.247 e. The molecule has 1 heterocycles. The van der Waals surface area contributed by atoms with E-state index in [1.165, 1.54) is 25.1 Å². The highest BCUT2D eigenvalue weighted by Gasteiger charge is 2.29. The molecule has 10 heteroatoms. The summed E-state index contributed by atoms with van der Waals surface area (Å²) in [5.41, 5.74) is 1.83. The summed E-state index contributed by atoms with van der Waals surface area (Å²) in [5, 5.41) is 3.32. The molecule has 1 saturated heterocycles. The summed E-state index contributed by atoms with van der Waals surface area (Å²) >= 11 is 12.0. The molecule has 1 N–H and O–H groups in total. The van der Waals surface area contributed by atoms with Crippen molar-refractivity contribution >= 4 is 56.2 Å². The molecule has 0 radical (unpaired) electrons. The van der Waals surface area contributed by atoms with Crippen LogP contribution in [0.3, 0.4) is 0 Å². The number of nitrogens with one attached hydrogen (secondary N) is 1. The first-order chi connectivity index (χ1) is 14.1. The van der Waals surface area contributed by atoms with Crippen LogP contribution < -0.4 is 14.5 Å². The molecular weight excluding hydrogens is 449 g/mol. The Balaban J connectivity index is 1.77. The van der Waals surface area contributed by atoms with Gasteiger partial charge in [0.2, 0.25) is 15.9 Å². The van der Waals surface area contributed by atoms with Crippen LogP contribution in [0.5, 0.6) is 0 Å². The summed E-state index contributed by atoms with van der Waals surface area (Å²) < 4.78 is 31.2. The minimum absolute atomic E-state index is 0.223. The van der Waals surface area contributed by atoms with Crippen molar-refractivity contribution in [1.29, 1.82) is 0 Å². The van der Waals surface area contributed by atoms with Gasteiger partial charge in [0.25, 0.3) is 0 Å². The Hall–Kier alpha value is -2.00.